The molecule has 3 nitrogen and oxygen atoms in total. The van der Waals surface area contributed by atoms with Gasteiger partial charge in [0.25, 0.3) is 0 Å². The summed E-state index contributed by atoms with van der Waals surface area (Å²) in [7, 11) is 0. The van der Waals surface area contributed by atoms with Crippen molar-refractivity contribution < 1.29 is 0 Å². The Balaban J connectivity index is 2.13. The zero-order chi connectivity index (χ0) is 13.2. The Labute approximate surface area is 114 Å². The van der Waals surface area contributed by atoms with E-state index in [-0.39, 0.29) is 0 Å². The average molecular weight is 263 g/mol. The van der Waals surface area contributed by atoms with Crippen LogP contribution in [0.1, 0.15) is 45.2 Å². The first kappa shape index (κ1) is 13.3. The fraction of sp³-hybridized carbons (Fsp3) is 0.571. The van der Waals surface area contributed by atoms with E-state index < -0.39 is 0 Å². The highest BCUT2D eigenvalue weighted by molar-refractivity contribution is 7.80. The third kappa shape index (κ3) is 2.99. The molecule has 0 aliphatic heterocycles. The smallest absolute Gasteiger partial charge is 0.126 e. The number of hydrogen-bond donors (Lipinski definition) is 2. The van der Waals surface area contributed by atoms with E-state index in [1.54, 1.807) is 0 Å². The van der Waals surface area contributed by atoms with E-state index in [2.05, 4.69) is 24.1 Å². The summed E-state index contributed by atoms with van der Waals surface area (Å²) in [6.07, 6.45) is 5.08. The van der Waals surface area contributed by atoms with Crippen molar-refractivity contribution in [1.82, 2.24) is 4.98 Å². The number of nitrogens with one attached hydrogen (secondary N) is 1. The Morgan fingerprint density at radius 2 is 2.22 bits per heavy atom. The first-order valence-corrected chi connectivity index (χ1v) is 6.93. The van der Waals surface area contributed by atoms with Crippen LogP contribution in [0, 0.1) is 5.41 Å². The molecule has 98 valence electrons. The molecule has 0 radical (unpaired) electrons. The molecule has 1 fully saturated rings. The highest BCUT2D eigenvalue weighted by Gasteiger charge is 2.32. The lowest BCUT2D eigenvalue weighted by Crippen LogP contribution is -2.39. The van der Waals surface area contributed by atoms with Crippen molar-refractivity contribution in [3.8, 4) is 0 Å². The highest BCUT2D eigenvalue weighted by atomic mass is 32.1. The predicted molar refractivity (Wildman–Crippen MR) is 79.8 cm³/mol. The van der Waals surface area contributed by atoms with Crippen LogP contribution in [0.3, 0.4) is 0 Å². The summed E-state index contributed by atoms with van der Waals surface area (Å²) >= 11 is 4.96. The summed E-state index contributed by atoms with van der Waals surface area (Å²) in [5, 5.41) is 3.54. The molecule has 1 aromatic rings. The highest BCUT2D eigenvalue weighted by Crippen LogP contribution is 2.36. The molecule has 1 heterocycles. The first-order chi connectivity index (χ1) is 8.49. The zero-order valence-electron chi connectivity index (χ0n) is 11.1. The van der Waals surface area contributed by atoms with Crippen molar-refractivity contribution >= 4 is 23.0 Å². The fourth-order valence-corrected chi connectivity index (χ4v) is 2.71. The predicted octanol–water partition coefficient (Wildman–Crippen LogP) is 3.10. The summed E-state index contributed by atoms with van der Waals surface area (Å²) in [5.74, 6) is 0.875. The molecule has 3 N–H and O–H groups in total. The van der Waals surface area contributed by atoms with Gasteiger partial charge in [-0.05, 0) is 30.4 Å². The summed E-state index contributed by atoms with van der Waals surface area (Å²) in [6, 6.07) is 6.24. The molecular weight excluding hydrogens is 242 g/mol. The van der Waals surface area contributed by atoms with Crippen molar-refractivity contribution in [3.05, 3.63) is 23.9 Å². The monoisotopic (exact) mass is 263 g/mol. The third-order valence-electron chi connectivity index (χ3n) is 3.83. The molecule has 1 saturated carbocycles. The van der Waals surface area contributed by atoms with E-state index in [1.807, 2.05) is 18.2 Å². The number of hydrogen-bond acceptors (Lipinski definition) is 3. The minimum atomic E-state index is 0.319. The standard InChI is InChI=1S/C14H21N3S/c1-14(2)9-4-3-7-11(14)17-12-8-5-6-10(16-12)13(15)18/h5-6,8,11H,3-4,7,9H2,1-2H3,(H2,15,18)(H,16,17). The zero-order valence-corrected chi connectivity index (χ0v) is 11.9. The lowest BCUT2D eigenvalue weighted by atomic mass is 9.73. The third-order valence-corrected chi connectivity index (χ3v) is 4.04. The van der Waals surface area contributed by atoms with Crippen molar-refractivity contribution in [2.24, 2.45) is 11.1 Å². The normalized spacial score (nSPS) is 22.4. The van der Waals surface area contributed by atoms with Gasteiger partial charge in [0, 0.05) is 6.04 Å². The number of rotatable bonds is 3. The van der Waals surface area contributed by atoms with Gasteiger partial charge in [-0.2, -0.15) is 0 Å². The van der Waals surface area contributed by atoms with Crippen LogP contribution in [-0.4, -0.2) is 16.0 Å². The molecule has 1 atom stereocenters. The van der Waals surface area contributed by atoms with E-state index >= 15 is 0 Å². The first-order valence-electron chi connectivity index (χ1n) is 6.52. The Morgan fingerprint density at radius 1 is 1.44 bits per heavy atom. The molecule has 1 aliphatic carbocycles. The maximum atomic E-state index is 5.61. The number of aromatic nitrogens is 1. The topological polar surface area (TPSA) is 50.9 Å². The molecule has 0 amide bonds. The maximum absolute atomic E-state index is 5.61. The Kier molecular flexibility index (Phi) is 3.85. The molecule has 18 heavy (non-hydrogen) atoms. The van der Waals surface area contributed by atoms with Crippen LogP contribution in [0.4, 0.5) is 5.82 Å². The molecule has 0 saturated heterocycles. The number of anilines is 1. The van der Waals surface area contributed by atoms with Crippen LogP contribution in [0.2, 0.25) is 0 Å². The van der Waals surface area contributed by atoms with Crippen LogP contribution in [0.25, 0.3) is 0 Å². The van der Waals surface area contributed by atoms with Crippen molar-refractivity contribution in [1.29, 1.82) is 0 Å². The van der Waals surface area contributed by atoms with Crippen LogP contribution < -0.4 is 11.1 Å². The van der Waals surface area contributed by atoms with Gasteiger partial charge in [0.15, 0.2) is 0 Å². The second-order valence-corrected chi connectivity index (χ2v) is 6.14. The SMILES string of the molecule is CC1(C)CCCCC1Nc1cccc(C(N)=S)n1. The number of nitrogens with two attached hydrogens (primary N) is 1. The van der Waals surface area contributed by atoms with Crippen molar-refractivity contribution in [2.45, 2.75) is 45.6 Å². The lowest BCUT2D eigenvalue weighted by Gasteiger charge is -2.39. The Bertz CT molecular complexity index is 442. The van der Waals surface area contributed by atoms with Gasteiger partial charge >= 0.3 is 0 Å². The maximum Gasteiger partial charge on any atom is 0.126 e. The van der Waals surface area contributed by atoms with Crippen LogP contribution in [-0.2, 0) is 0 Å². The van der Waals surface area contributed by atoms with Gasteiger partial charge in [0.05, 0.1) is 5.69 Å². The number of thiocarbonyl (C=S) groups is 1. The minimum absolute atomic E-state index is 0.319. The molecule has 0 bridgehead atoms. The largest absolute Gasteiger partial charge is 0.388 e. The summed E-state index contributed by atoms with van der Waals surface area (Å²) in [5.41, 5.74) is 6.61. The molecule has 0 aromatic carbocycles. The van der Waals surface area contributed by atoms with Crippen molar-refractivity contribution in [2.75, 3.05) is 5.32 Å². The van der Waals surface area contributed by atoms with Gasteiger partial charge in [-0.15, -0.1) is 0 Å². The van der Waals surface area contributed by atoms with E-state index in [0.29, 0.717) is 22.1 Å². The summed E-state index contributed by atoms with van der Waals surface area (Å²) in [4.78, 5) is 4.80. The van der Waals surface area contributed by atoms with E-state index in [0.717, 1.165) is 5.82 Å². The van der Waals surface area contributed by atoms with Gasteiger partial charge in [-0.1, -0.05) is 45.0 Å². The average Bonchev–Trinajstić information content (AvgIpc) is 2.32. The number of pyridine rings is 1. The van der Waals surface area contributed by atoms with Crippen LogP contribution in [0.5, 0.6) is 0 Å². The molecule has 1 aromatic heterocycles. The number of nitrogens with zero attached hydrogens (tertiary/aromatic N) is 1. The van der Waals surface area contributed by atoms with Gasteiger partial charge in [0.2, 0.25) is 0 Å². The van der Waals surface area contributed by atoms with Crippen molar-refractivity contribution in [3.63, 3.8) is 0 Å². The quantitative estimate of drug-likeness (QED) is 0.823. The molecule has 0 spiro atoms. The second-order valence-electron chi connectivity index (χ2n) is 5.70. The van der Waals surface area contributed by atoms with E-state index in [4.69, 9.17) is 18.0 Å². The fourth-order valence-electron chi connectivity index (χ4n) is 2.59. The molecule has 2 rings (SSSR count). The van der Waals surface area contributed by atoms with Gasteiger partial charge in [-0.25, -0.2) is 4.98 Å². The Hall–Kier alpha value is -1.16. The molecule has 4 heteroatoms. The van der Waals surface area contributed by atoms with E-state index in [9.17, 15) is 0 Å². The van der Waals surface area contributed by atoms with Gasteiger partial charge in [-0.3, -0.25) is 0 Å². The van der Waals surface area contributed by atoms with Crippen LogP contribution in [0.15, 0.2) is 18.2 Å². The minimum Gasteiger partial charge on any atom is -0.388 e. The molecule has 1 unspecified atom stereocenters. The summed E-state index contributed by atoms with van der Waals surface area (Å²) < 4.78 is 0. The van der Waals surface area contributed by atoms with E-state index in [1.165, 1.54) is 25.7 Å². The lowest BCUT2D eigenvalue weighted by molar-refractivity contribution is 0.216. The molecular formula is C14H21N3S. The van der Waals surface area contributed by atoms with Crippen LogP contribution >= 0.6 is 12.2 Å². The Morgan fingerprint density at radius 3 is 2.89 bits per heavy atom. The van der Waals surface area contributed by atoms with Gasteiger partial charge < -0.3 is 11.1 Å². The molecule has 1 aliphatic rings. The second kappa shape index (κ2) is 5.22. The summed E-state index contributed by atoms with van der Waals surface area (Å²) in [6.45, 7) is 4.64. The van der Waals surface area contributed by atoms with Gasteiger partial charge in [0.1, 0.15) is 10.8 Å².